The smallest absolute Gasteiger partial charge is 0.306 e. The highest BCUT2D eigenvalue weighted by Crippen LogP contribution is 2.36. The molecule has 0 radical (unpaired) electrons. The quantitative estimate of drug-likeness (QED) is 0.565. The highest BCUT2D eigenvalue weighted by molar-refractivity contribution is 6.30. The number of aryl methyl sites for hydroxylation is 1. The molecule has 0 amide bonds. The zero-order chi connectivity index (χ0) is 21.7. The number of aromatic nitrogens is 2. The van der Waals surface area contributed by atoms with Crippen molar-refractivity contribution in [3.8, 4) is 11.3 Å². The molecule has 0 bridgehead atoms. The molecule has 1 aromatic carbocycles. The lowest BCUT2D eigenvalue weighted by atomic mass is 9.72. The lowest BCUT2D eigenvalue weighted by Gasteiger charge is -2.31. The van der Waals surface area contributed by atoms with Crippen LogP contribution in [0.1, 0.15) is 51.3 Å². The number of nitrogens with zero attached hydrogens (tertiary/aromatic N) is 2. The number of carboxylic acids is 1. The van der Waals surface area contributed by atoms with Crippen molar-refractivity contribution in [1.29, 1.82) is 0 Å². The van der Waals surface area contributed by atoms with Crippen molar-refractivity contribution in [2.24, 2.45) is 11.8 Å². The van der Waals surface area contributed by atoms with Crippen molar-refractivity contribution in [2.75, 3.05) is 0 Å². The summed E-state index contributed by atoms with van der Waals surface area (Å²) in [5.41, 5.74) is 1.14. The van der Waals surface area contributed by atoms with Gasteiger partial charge in [0.2, 0.25) is 0 Å². The van der Waals surface area contributed by atoms with Gasteiger partial charge in [-0.05, 0) is 37.3 Å². The van der Waals surface area contributed by atoms with Gasteiger partial charge in [0.25, 0.3) is 5.56 Å². The van der Waals surface area contributed by atoms with Crippen molar-refractivity contribution >= 4 is 23.4 Å². The maximum absolute atomic E-state index is 12.8. The molecular weight excluding hydrogens is 404 g/mol. The molecule has 1 aromatic heterocycles. The van der Waals surface area contributed by atoms with Crippen LogP contribution >= 0.6 is 11.6 Å². The van der Waals surface area contributed by atoms with E-state index in [1.807, 2.05) is 12.1 Å². The number of hydrogen-bond donors (Lipinski definition) is 1. The summed E-state index contributed by atoms with van der Waals surface area (Å²) in [4.78, 5) is 41.1. The molecule has 1 aliphatic carbocycles. The number of rotatable bonds is 10. The molecule has 1 fully saturated rings. The predicted molar refractivity (Wildman–Crippen MR) is 116 cm³/mol. The molecule has 0 aliphatic heterocycles. The zero-order valence-electron chi connectivity index (χ0n) is 17.1. The summed E-state index contributed by atoms with van der Waals surface area (Å²) in [6, 6.07) is 8.63. The Morgan fingerprint density at radius 2 is 1.90 bits per heavy atom. The molecule has 3 rings (SSSR count). The van der Waals surface area contributed by atoms with Crippen LogP contribution in [0.2, 0.25) is 5.02 Å². The van der Waals surface area contributed by atoms with E-state index in [1.165, 1.54) is 10.6 Å². The van der Waals surface area contributed by atoms with Crippen molar-refractivity contribution in [3.05, 3.63) is 51.5 Å². The molecule has 0 saturated heterocycles. The van der Waals surface area contributed by atoms with Crippen LogP contribution in [0.4, 0.5) is 0 Å². The van der Waals surface area contributed by atoms with Crippen LogP contribution in [0.15, 0.2) is 35.1 Å². The second-order valence-electron chi connectivity index (χ2n) is 8.06. The third kappa shape index (κ3) is 5.57. The fourth-order valence-electron chi connectivity index (χ4n) is 3.88. The Morgan fingerprint density at radius 1 is 1.20 bits per heavy atom. The van der Waals surface area contributed by atoms with Gasteiger partial charge in [0, 0.05) is 29.5 Å². The summed E-state index contributed by atoms with van der Waals surface area (Å²) >= 11 is 5.96. The second kappa shape index (κ2) is 10.0. The molecule has 30 heavy (non-hydrogen) atoms. The molecule has 0 unspecified atom stereocenters. The lowest BCUT2D eigenvalue weighted by Crippen LogP contribution is -2.34. The number of halogens is 1. The highest BCUT2D eigenvalue weighted by Gasteiger charge is 2.35. The van der Waals surface area contributed by atoms with Gasteiger partial charge >= 0.3 is 5.97 Å². The molecule has 2 aromatic rings. The van der Waals surface area contributed by atoms with E-state index in [0.717, 1.165) is 24.8 Å². The van der Waals surface area contributed by atoms with Gasteiger partial charge in [-0.1, -0.05) is 43.5 Å². The first-order valence-electron chi connectivity index (χ1n) is 10.5. The molecule has 0 spiro atoms. The Labute approximate surface area is 180 Å². The van der Waals surface area contributed by atoms with Gasteiger partial charge in [-0.2, -0.15) is 0 Å². The van der Waals surface area contributed by atoms with E-state index in [1.54, 1.807) is 12.1 Å². The number of Topliss-reactive ketones (excluding diaryl/α,β-unsaturated/α-hetero) is 1. The van der Waals surface area contributed by atoms with Gasteiger partial charge in [-0.25, -0.2) is 4.98 Å². The average Bonchev–Trinajstić information content (AvgIpc) is 2.67. The molecular formula is C23H27ClN2O4. The number of carbonyl (C=O) groups excluding carboxylic acids is 1. The van der Waals surface area contributed by atoms with Crippen molar-refractivity contribution < 1.29 is 14.7 Å². The number of hydrogen-bond acceptors (Lipinski definition) is 4. The Balaban J connectivity index is 1.78. The monoisotopic (exact) mass is 430 g/mol. The predicted octanol–water partition coefficient (Wildman–Crippen LogP) is 4.37. The summed E-state index contributed by atoms with van der Waals surface area (Å²) in [6.45, 7) is 2.10. The fourth-order valence-corrected chi connectivity index (χ4v) is 4.01. The Kier molecular flexibility index (Phi) is 7.43. The van der Waals surface area contributed by atoms with E-state index in [2.05, 4.69) is 6.92 Å². The van der Waals surface area contributed by atoms with E-state index in [9.17, 15) is 14.4 Å². The summed E-state index contributed by atoms with van der Waals surface area (Å²) in [6.07, 6.45) is 4.97. The van der Waals surface area contributed by atoms with Crippen LogP contribution in [-0.2, 0) is 22.6 Å². The Hall–Kier alpha value is -2.47. The first kappa shape index (κ1) is 22.2. The van der Waals surface area contributed by atoms with Gasteiger partial charge in [0.15, 0.2) is 5.78 Å². The number of benzene rings is 1. The van der Waals surface area contributed by atoms with E-state index in [0.29, 0.717) is 42.2 Å². The fraction of sp³-hybridized carbons (Fsp3) is 0.478. The minimum atomic E-state index is -0.796. The van der Waals surface area contributed by atoms with Crippen LogP contribution in [0.3, 0.4) is 0 Å². The Morgan fingerprint density at radius 3 is 2.53 bits per heavy atom. The number of carbonyl (C=O) groups is 2. The average molecular weight is 431 g/mol. The third-order valence-electron chi connectivity index (χ3n) is 5.67. The number of aliphatic carboxylic acids is 1. The van der Waals surface area contributed by atoms with Gasteiger partial charge in [-0.15, -0.1) is 0 Å². The summed E-state index contributed by atoms with van der Waals surface area (Å²) in [5, 5.41) is 9.60. The molecule has 0 atom stereocenters. The maximum atomic E-state index is 12.8. The van der Waals surface area contributed by atoms with Crippen LogP contribution < -0.4 is 5.56 Å². The SMILES string of the molecule is CCCCCc1nc(-c2ccc(Cl)cc2)cc(=O)n1CC(=O)CC1CC(C(=O)O)C1. The summed E-state index contributed by atoms with van der Waals surface area (Å²) in [5.74, 6) is -0.472. The molecule has 1 aliphatic rings. The van der Waals surface area contributed by atoms with Gasteiger partial charge in [0.1, 0.15) is 5.82 Å². The zero-order valence-corrected chi connectivity index (χ0v) is 17.9. The van der Waals surface area contributed by atoms with Crippen LogP contribution in [0.25, 0.3) is 11.3 Å². The molecule has 160 valence electrons. The van der Waals surface area contributed by atoms with E-state index in [-0.39, 0.29) is 29.7 Å². The van der Waals surface area contributed by atoms with Crippen LogP contribution in [0, 0.1) is 11.8 Å². The second-order valence-corrected chi connectivity index (χ2v) is 8.50. The molecule has 1 saturated carbocycles. The van der Waals surface area contributed by atoms with Crippen molar-refractivity contribution in [2.45, 2.75) is 58.4 Å². The first-order valence-corrected chi connectivity index (χ1v) is 10.9. The van der Waals surface area contributed by atoms with E-state index in [4.69, 9.17) is 21.7 Å². The van der Waals surface area contributed by atoms with E-state index >= 15 is 0 Å². The summed E-state index contributed by atoms with van der Waals surface area (Å²) in [7, 11) is 0. The van der Waals surface area contributed by atoms with Crippen LogP contribution in [0.5, 0.6) is 0 Å². The molecule has 6 nitrogen and oxygen atoms in total. The molecule has 7 heteroatoms. The summed E-state index contributed by atoms with van der Waals surface area (Å²) < 4.78 is 1.48. The normalized spacial score (nSPS) is 18.1. The lowest BCUT2D eigenvalue weighted by molar-refractivity contribution is -0.147. The third-order valence-corrected chi connectivity index (χ3v) is 5.92. The maximum Gasteiger partial charge on any atom is 0.306 e. The molecule has 1 N–H and O–H groups in total. The van der Waals surface area contributed by atoms with Crippen molar-refractivity contribution in [3.63, 3.8) is 0 Å². The molecule has 1 heterocycles. The number of unbranched alkanes of at least 4 members (excludes halogenated alkanes) is 2. The first-order chi connectivity index (χ1) is 14.4. The topological polar surface area (TPSA) is 89.3 Å². The number of carboxylic acid groups (broad SMARTS) is 1. The van der Waals surface area contributed by atoms with Gasteiger partial charge in [0.05, 0.1) is 18.2 Å². The highest BCUT2D eigenvalue weighted by atomic mass is 35.5. The minimum absolute atomic E-state index is 0.0115. The van der Waals surface area contributed by atoms with Gasteiger partial charge in [-0.3, -0.25) is 19.0 Å². The largest absolute Gasteiger partial charge is 0.481 e. The minimum Gasteiger partial charge on any atom is -0.481 e. The standard InChI is InChI=1S/C23H27ClN2O4/c1-2-3-4-5-21-25-20(16-6-8-18(24)9-7-16)13-22(28)26(21)14-19(27)12-15-10-17(11-15)23(29)30/h6-9,13,15,17H,2-5,10-12,14H2,1H3,(H,29,30). The Bertz CT molecular complexity index is 962. The van der Waals surface area contributed by atoms with Gasteiger partial charge < -0.3 is 5.11 Å². The van der Waals surface area contributed by atoms with Crippen molar-refractivity contribution in [1.82, 2.24) is 9.55 Å². The number of ketones is 1. The van der Waals surface area contributed by atoms with Crippen LogP contribution in [-0.4, -0.2) is 26.4 Å². The van der Waals surface area contributed by atoms with E-state index < -0.39 is 5.97 Å².